The zero-order valence-corrected chi connectivity index (χ0v) is 12.1. The first-order valence-corrected chi connectivity index (χ1v) is 6.70. The van der Waals surface area contributed by atoms with Gasteiger partial charge in [0.15, 0.2) is 0 Å². The second-order valence-electron chi connectivity index (χ2n) is 4.17. The van der Waals surface area contributed by atoms with Crippen LogP contribution in [0.1, 0.15) is 11.1 Å². The maximum Gasteiger partial charge on any atom is 0.311 e. The van der Waals surface area contributed by atoms with Gasteiger partial charge in [-0.3, -0.25) is 10.1 Å². The van der Waals surface area contributed by atoms with E-state index >= 15 is 0 Å². The van der Waals surface area contributed by atoms with E-state index in [0.29, 0.717) is 21.9 Å². The van der Waals surface area contributed by atoms with Crippen LogP contribution in [-0.2, 0) is 5.88 Å². The summed E-state index contributed by atoms with van der Waals surface area (Å²) in [4.78, 5) is 10.6. The number of rotatable bonds is 4. The summed E-state index contributed by atoms with van der Waals surface area (Å²) in [5, 5.41) is 11.6. The molecular formula is C14H11Cl2NO3. The van der Waals surface area contributed by atoms with E-state index in [0.717, 1.165) is 0 Å². The van der Waals surface area contributed by atoms with Gasteiger partial charge in [-0.15, -0.1) is 11.6 Å². The zero-order valence-electron chi connectivity index (χ0n) is 10.6. The lowest BCUT2D eigenvalue weighted by Gasteiger charge is -2.12. The minimum absolute atomic E-state index is 0.0829. The summed E-state index contributed by atoms with van der Waals surface area (Å²) in [6.45, 7) is 1.75. The smallest absolute Gasteiger partial charge is 0.311 e. The molecule has 0 bridgehead atoms. The molecule has 0 N–H and O–H groups in total. The zero-order chi connectivity index (χ0) is 14.7. The summed E-state index contributed by atoms with van der Waals surface area (Å²) in [5.41, 5.74) is 1.27. The standard InChI is InChI=1S/C14H11Cl2NO3/c1-9-3-2-4-12(17(18)19)14(9)20-13-6-5-11(16)7-10(13)8-15/h2-7H,8H2,1H3. The third kappa shape index (κ3) is 3.03. The van der Waals surface area contributed by atoms with Gasteiger partial charge >= 0.3 is 5.69 Å². The molecule has 0 atom stereocenters. The van der Waals surface area contributed by atoms with Crippen molar-refractivity contribution in [2.45, 2.75) is 12.8 Å². The van der Waals surface area contributed by atoms with Crippen molar-refractivity contribution in [3.05, 3.63) is 62.7 Å². The van der Waals surface area contributed by atoms with E-state index in [1.54, 1.807) is 37.3 Å². The molecule has 0 aliphatic carbocycles. The third-order valence-electron chi connectivity index (χ3n) is 2.77. The minimum atomic E-state index is -0.474. The van der Waals surface area contributed by atoms with Gasteiger partial charge in [0.05, 0.1) is 10.8 Å². The Kier molecular flexibility index (Phi) is 4.47. The maximum absolute atomic E-state index is 11.1. The average molecular weight is 312 g/mol. The summed E-state index contributed by atoms with van der Waals surface area (Å²) < 4.78 is 5.69. The number of ether oxygens (including phenoxy) is 1. The predicted molar refractivity (Wildman–Crippen MR) is 78.9 cm³/mol. The Hall–Kier alpha value is -1.78. The number of aryl methyl sites for hydroxylation is 1. The number of para-hydroxylation sites is 1. The van der Waals surface area contributed by atoms with Crippen molar-refractivity contribution >= 4 is 28.9 Å². The van der Waals surface area contributed by atoms with Gasteiger partial charge in [-0.25, -0.2) is 0 Å². The van der Waals surface area contributed by atoms with Crippen LogP contribution in [0, 0.1) is 17.0 Å². The van der Waals surface area contributed by atoms with Crippen LogP contribution in [0.25, 0.3) is 0 Å². The molecular weight excluding hydrogens is 301 g/mol. The van der Waals surface area contributed by atoms with Crippen molar-refractivity contribution in [2.75, 3.05) is 0 Å². The quantitative estimate of drug-likeness (QED) is 0.449. The highest BCUT2D eigenvalue weighted by molar-refractivity contribution is 6.30. The lowest BCUT2D eigenvalue weighted by Crippen LogP contribution is -1.97. The largest absolute Gasteiger partial charge is 0.450 e. The summed E-state index contributed by atoms with van der Waals surface area (Å²) in [6, 6.07) is 9.74. The fourth-order valence-electron chi connectivity index (χ4n) is 1.78. The minimum Gasteiger partial charge on any atom is -0.450 e. The molecule has 0 heterocycles. The number of nitrogens with zero attached hydrogens (tertiary/aromatic N) is 1. The first-order valence-electron chi connectivity index (χ1n) is 5.79. The topological polar surface area (TPSA) is 52.4 Å². The highest BCUT2D eigenvalue weighted by atomic mass is 35.5. The van der Waals surface area contributed by atoms with Crippen LogP contribution >= 0.6 is 23.2 Å². The van der Waals surface area contributed by atoms with E-state index in [9.17, 15) is 10.1 Å². The van der Waals surface area contributed by atoms with Crippen LogP contribution in [-0.4, -0.2) is 4.92 Å². The molecule has 6 heteroatoms. The monoisotopic (exact) mass is 311 g/mol. The SMILES string of the molecule is Cc1cccc([N+](=O)[O-])c1Oc1ccc(Cl)cc1CCl. The van der Waals surface area contributed by atoms with E-state index in [4.69, 9.17) is 27.9 Å². The maximum atomic E-state index is 11.1. The molecule has 0 spiro atoms. The fraction of sp³-hybridized carbons (Fsp3) is 0.143. The van der Waals surface area contributed by atoms with Crippen molar-refractivity contribution in [3.63, 3.8) is 0 Å². The molecule has 2 aromatic carbocycles. The molecule has 0 saturated carbocycles. The third-order valence-corrected chi connectivity index (χ3v) is 3.29. The molecule has 0 radical (unpaired) electrons. The number of alkyl halides is 1. The Morgan fingerprint density at radius 1 is 1.30 bits per heavy atom. The summed E-state index contributed by atoms with van der Waals surface area (Å²) in [6.07, 6.45) is 0. The van der Waals surface area contributed by atoms with Gasteiger partial charge in [-0.1, -0.05) is 23.7 Å². The van der Waals surface area contributed by atoms with E-state index in [1.807, 2.05) is 0 Å². The van der Waals surface area contributed by atoms with E-state index in [-0.39, 0.29) is 17.3 Å². The first-order chi connectivity index (χ1) is 9.52. The van der Waals surface area contributed by atoms with Crippen LogP contribution in [0.5, 0.6) is 11.5 Å². The Labute approximate surface area is 126 Å². The molecule has 0 fully saturated rings. The molecule has 104 valence electrons. The Morgan fingerprint density at radius 2 is 2.05 bits per heavy atom. The molecule has 0 aliphatic rings. The highest BCUT2D eigenvalue weighted by Gasteiger charge is 2.18. The van der Waals surface area contributed by atoms with Gasteiger partial charge in [0.1, 0.15) is 5.75 Å². The van der Waals surface area contributed by atoms with Gasteiger partial charge in [-0.05, 0) is 30.7 Å². The van der Waals surface area contributed by atoms with Crippen LogP contribution in [0.2, 0.25) is 5.02 Å². The molecule has 2 rings (SSSR count). The Balaban J connectivity index is 2.47. The fourth-order valence-corrected chi connectivity index (χ4v) is 2.18. The van der Waals surface area contributed by atoms with Crippen molar-refractivity contribution in [2.24, 2.45) is 0 Å². The van der Waals surface area contributed by atoms with Crippen molar-refractivity contribution in [1.82, 2.24) is 0 Å². The lowest BCUT2D eigenvalue weighted by atomic mass is 10.2. The summed E-state index contributed by atoms with van der Waals surface area (Å²) in [5.74, 6) is 0.878. The van der Waals surface area contributed by atoms with E-state index in [1.165, 1.54) is 6.07 Å². The predicted octanol–water partition coefficient (Wildman–Crippen LogP) is 5.09. The molecule has 2 aromatic rings. The van der Waals surface area contributed by atoms with Crippen LogP contribution in [0.15, 0.2) is 36.4 Å². The number of nitro groups is 1. The van der Waals surface area contributed by atoms with Crippen molar-refractivity contribution < 1.29 is 9.66 Å². The van der Waals surface area contributed by atoms with Crippen molar-refractivity contribution in [3.8, 4) is 11.5 Å². The molecule has 20 heavy (non-hydrogen) atoms. The molecule has 0 unspecified atom stereocenters. The van der Waals surface area contributed by atoms with E-state index < -0.39 is 4.92 Å². The normalized spacial score (nSPS) is 10.3. The number of hydrogen-bond acceptors (Lipinski definition) is 3. The Bertz CT molecular complexity index is 659. The van der Waals surface area contributed by atoms with Crippen LogP contribution in [0.3, 0.4) is 0 Å². The second-order valence-corrected chi connectivity index (χ2v) is 4.87. The summed E-state index contributed by atoms with van der Waals surface area (Å²) in [7, 11) is 0. The molecule has 0 aromatic heterocycles. The first kappa shape index (κ1) is 14.6. The molecule has 0 amide bonds. The van der Waals surface area contributed by atoms with E-state index in [2.05, 4.69) is 0 Å². The average Bonchev–Trinajstić information content (AvgIpc) is 2.42. The van der Waals surface area contributed by atoms with Crippen LogP contribution in [0.4, 0.5) is 5.69 Å². The second kappa shape index (κ2) is 6.11. The van der Waals surface area contributed by atoms with Crippen LogP contribution < -0.4 is 4.74 Å². The van der Waals surface area contributed by atoms with Gasteiger partial charge in [-0.2, -0.15) is 0 Å². The highest BCUT2D eigenvalue weighted by Crippen LogP contribution is 2.36. The van der Waals surface area contributed by atoms with Crippen molar-refractivity contribution in [1.29, 1.82) is 0 Å². The number of nitro benzene ring substituents is 1. The van der Waals surface area contributed by atoms with Gasteiger partial charge < -0.3 is 4.74 Å². The summed E-state index contributed by atoms with van der Waals surface area (Å²) >= 11 is 11.7. The lowest BCUT2D eigenvalue weighted by molar-refractivity contribution is -0.385. The molecule has 0 aliphatic heterocycles. The molecule has 4 nitrogen and oxygen atoms in total. The number of halogens is 2. The number of benzene rings is 2. The van der Waals surface area contributed by atoms with Gasteiger partial charge in [0.2, 0.25) is 5.75 Å². The Morgan fingerprint density at radius 3 is 2.70 bits per heavy atom. The van der Waals surface area contributed by atoms with Gasteiger partial charge in [0.25, 0.3) is 0 Å². The number of hydrogen-bond donors (Lipinski definition) is 0. The van der Waals surface area contributed by atoms with Gasteiger partial charge in [0, 0.05) is 16.7 Å². The molecule has 0 saturated heterocycles.